The van der Waals surface area contributed by atoms with Crippen LogP contribution in [0, 0.1) is 0 Å². The van der Waals surface area contributed by atoms with Gasteiger partial charge < -0.3 is 9.47 Å². The molecule has 0 radical (unpaired) electrons. The minimum Gasteiger partial charge on any atom is -0.336 e. The maximum Gasteiger partial charge on any atom is 0.0950 e. The summed E-state index contributed by atoms with van der Waals surface area (Å²) in [7, 11) is 4.17. The van der Waals surface area contributed by atoms with Gasteiger partial charge in [0.2, 0.25) is 0 Å². The molecule has 0 aliphatic rings. The molecule has 0 aromatic carbocycles. The third-order valence-electron chi connectivity index (χ3n) is 2.21. The Morgan fingerprint density at radius 1 is 1.36 bits per heavy atom. The standard InChI is InChI=1S/C11H21N3/c1-11(2,3)10-8-14(9-12-10)7-6-13(4)5/h8-9H,6-7H2,1-5H3. The van der Waals surface area contributed by atoms with Gasteiger partial charge in [-0.2, -0.15) is 0 Å². The average Bonchev–Trinajstić information content (AvgIpc) is 2.47. The summed E-state index contributed by atoms with van der Waals surface area (Å²) in [5.41, 5.74) is 1.32. The fourth-order valence-corrected chi connectivity index (χ4v) is 1.19. The lowest BCUT2D eigenvalue weighted by atomic mass is 9.93. The third kappa shape index (κ3) is 3.14. The van der Waals surface area contributed by atoms with Gasteiger partial charge in [0.1, 0.15) is 0 Å². The van der Waals surface area contributed by atoms with E-state index in [0.29, 0.717) is 0 Å². The molecule has 0 aliphatic carbocycles. The second-order valence-electron chi connectivity index (χ2n) is 5.05. The van der Waals surface area contributed by atoms with Crippen LogP contribution < -0.4 is 0 Å². The van der Waals surface area contributed by atoms with E-state index >= 15 is 0 Å². The third-order valence-corrected chi connectivity index (χ3v) is 2.21. The van der Waals surface area contributed by atoms with Crippen molar-refractivity contribution in [2.75, 3.05) is 20.6 Å². The highest BCUT2D eigenvalue weighted by atomic mass is 15.1. The Balaban J connectivity index is 2.60. The fraction of sp³-hybridized carbons (Fsp3) is 0.727. The molecule has 0 fully saturated rings. The first-order valence-electron chi connectivity index (χ1n) is 5.06. The number of nitrogens with zero attached hydrogens (tertiary/aromatic N) is 3. The molecule has 80 valence electrons. The second-order valence-corrected chi connectivity index (χ2v) is 5.05. The van der Waals surface area contributed by atoms with Gasteiger partial charge in [-0.1, -0.05) is 20.8 Å². The van der Waals surface area contributed by atoms with E-state index in [1.54, 1.807) is 0 Å². The van der Waals surface area contributed by atoms with Crippen molar-refractivity contribution >= 4 is 0 Å². The van der Waals surface area contributed by atoms with Crippen LogP contribution in [-0.4, -0.2) is 35.1 Å². The molecule has 14 heavy (non-hydrogen) atoms. The summed E-state index contributed by atoms with van der Waals surface area (Å²) >= 11 is 0. The molecule has 0 N–H and O–H groups in total. The van der Waals surface area contributed by atoms with E-state index in [0.717, 1.165) is 18.8 Å². The first-order valence-corrected chi connectivity index (χ1v) is 5.06. The summed E-state index contributed by atoms with van der Waals surface area (Å²) in [6, 6.07) is 0. The molecule has 1 heterocycles. The van der Waals surface area contributed by atoms with Gasteiger partial charge in [-0.25, -0.2) is 4.98 Å². The molecule has 0 unspecified atom stereocenters. The number of hydrogen-bond donors (Lipinski definition) is 0. The molecule has 0 amide bonds. The Morgan fingerprint density at radius 2 is 2.00 bits per heavy atom. The van der Waals surface area contributed by atoms with Crippen LogP contribution in [0.3, 0.4) is 0 Å². The van der Waals surface area contributed by atoms with E-state index in [2.05, 4.69) is 55.5 Å². The van der Waals surface area contributed by atoms with Crippen molar-refractivity contribution in [1.82, 2.24) is 14.5 Å². The molecule has 1 aromatic rings. The smallest absolute Gasteiger partial charge is 0.0950 e. The highest BCUT2D eigenvalue weighted by molar-refractivity contribution is 5.08. The van der Waals surface area contributed by atoms with Gasteiger partial charge in [0.25, 0.3) is 0 Å². The van der Waals surface area contributed by atoms with E-state index in [-0.39, 0.29) is 5.41 Å². The second kappa shape index (κ2) is 4.13. The number of hydrogen-bond acceptors (Lipinski definition) is 2. The Labute approximate surface area is 86.7 Å². The lowest BCUT2D eigenvalue weighted by Gasteiger charge is -2.14. The Bertz CT molecular complexity index is 281. The molecule has 1 rings (SSSR count). The summed E-state index contributed by atoms with van der Waals surface area (Å²) in [5.74, 6) is 0. The van der Waals surface area contributed by atoms with Crippen molar-refractivity contribution in [3.63, 3.8) is 0 Å². The maximum atomic E-state index is 4.41. The van der Waals surface area contributed by atoms with Gasteiger partial charge in [0.05, 0.1) is 12.0 Å². The van der Waals surface area contributed by atoms with Crippen LogP contribution in [0.1, 0.15) is 26.5 Å². The van der Waals surface area contributed by atoms with Gasteiger partial charge in [-0.15, -0.1) is 0 Å². The van der Waals surface area contributed by atoms with Gasteiger partial charge in [0, 0.05) is 24.7 Å². The number of imidazole rings is 1. The molecular formula is C11H21N3. The van der Waals surface area contributed by atoms with E-state index in [1.807, 2.05) is 6.33 Å². The molecule has 3 heteroatoms. The monoisotopic (exact) mass is 195 g/mol. The van der Waals surface area contributed by atoms with E-state index in [1.165, 1.54) is 0 Å². The van der Waals surface area contributed by atoms with Crippen molar-refractivity contribution < 1.29 is 0 Å². The van der Waals surface area contributed by atoms with Crippen molar-refractivity contribution in [3.05, 3.63) is 18.2 Å². The zero-order chi connectivity index (χ0) is 10.8. The summed E-state index contributed by atoms with van der Waals surface area (Å²) < 4.78 is 2.15. The highest BCUT2D eigenvalue weighted by Gasteiger charge is 2.16. The highest BCUT2D eigenvalue weighted by Crippen LogP contribution is 2.19. The largest absolute Gasteiger partial charge is 0.336 e. The van der Waals surface area contributed by atoms with Gasteiger partial charge in [-0.3, -0.25) is 0 Å². The first kappa shape index (κ1) is 11.2. The minimum absolute atomic E-state index is 0.156. The Hall–Kier alpha value is -0.830. The predicted molar refractivity (Wildman–Crippen MR) is 59.5 cm³/mol. The van der Waals surface area contributed by atoms with Crippen LogP contribution >= 0.6 is 0 Å². The summed E-state index contributed by atoms with van der Waals surface area (Å²) in [6.07, 6.45) is 4.06. The van der Waals surface area contributed by atoms with E-state index < -0.39 is 0 Å². The van der Waals surface area contributed by atoms with Gasteiger partial charge >= 0.3 is 0 Å². The summed E-state index contributed by atoms with van der Waals surface area (Å²) in [6.45, 7) is 8.62. The molecule has 0 saturated carbocycles. The summed E-state index contributed by atoms with van der Waals surface area (Å²) in [4.78, 5) is 6.59. The molecule has 0 saturated heterocycles. The molecule has 0 atom stereocenters. The molecule has 0 bridgehead atoms. The first-order chi connectivity index (χ1) is 6.39. The zero-order valence-corrected chi connectivity index (χ0v) is 9.91. The maximum absolute atomic E-state index is 4.41. The van der Waals surface area contributed by atoms with Crippen LogP contribution in [0.5, 0.6) is 0 Å². The Kier molecular flexibility index (Phi) is 3.32. The SMILES string of the molecule is CN(C)CCn1cnc(C(C)(C)C)c1. The Morgan fingerprint density at radius 3 is 2.43 bits per heavy atom. The number of likely N-dealkylation sites (N-methyl/N-ethyl adjacent to an activating group) is 1. The van der Waals surface area contributed by atoms with Gasteiger partial charge in [-0.05, 0) is 14.1 Å². The molecule has 0 spiro atoms. The normalized spacial score (nSPS) is 12.4. The fourth-order valence-electron chi connectivity index (χ4n) is 1.19. The van der Waals surface area contributed by atoms with E-state index in [9.17, 15) is 0 Å². The van der Waals surface area contributed by atoms with Crippen LogP contribution in [0.4, 0.5) is 0 Å². The minimum atomic E-state index is 0.156. The lowest BCUT2D eigenvalue weighted by Crippen LogP contribution is -2.17. The van der Waals surface area contributed by atoms with Crippen molar-refractivity contribution in [2.45, 2.75) is 32.7 Å². The van der Waals surface area contributed by atoms with Crippen LogP contribution in [-0.2, 0) is 12.0 Å². The summed E-state index contributed by atoms with van der Waals surface area (Å²) in [5, 5.41) is 0. The molecular weight excluding hydrogens is 174 g/mol. The molecule has 0 aliphatic heterocycles. The number of aromatic nitrogens is 2. The quantitative estimate of drug-likeness (QED) is 0.732. The van der Waals surface area contributed by atoms with Crippen molar-refractivity contribution in [1.29, 1.82) is 0 Å². The topological polar surface area (TPSA) is 21.1 Å². The van der Waals surface area contributed by atoms with Crippen molar-refractivity contribution in [3.8, 4) is 0 Å². The number of rotatable bonds is 3. The van der Waals surface area contributed by atoms with Crippen molar-refractivity contribution in [2.24, 2.45) is 0 Å². The molecule has 3 nitrogen and oxygen atoms in total. The van der Waals surface area contributed by atoms with Gasteiger partial charge in [0.15, 0.2) is 0 Å². The lowest BCUT2D eigenvalue weighted by molar-refractivity contribution is 0.383. The van der Waals surface area contributed by atoms with Crippen LogP contribution in [0.2, 0.25) is 0 Å². The average molecular weight is 195 g/mol. The van der Waals surface area contributed by atoms with Crippen LogP contribution in [0.15, 0.2) is 12.5 Å². The zero-order valence-electron chi connectivity index (χ0n) is 9.91. The van der Waals surface area contributed by atoms with E-state index in [4.69, 9.17) is 0 Å². The van der Waals surface area contributed by atoms with Crippen LogP contribution in [0.25, 0.3) is 0 Å². The molecule has 1 aromatic heterocycles. The predicted octanol–water partition coefficient (Wildman–Crippen LogP) is 1.74.